The summed E-state index contributed by atoms with van der Waals surface area (Å²) in [6.45, 7) is 12.1. The van der Waals surface area contributed by atoms with Crippen molar-refractivity contribution in [2.24, 2.45) is 5.92 Å². The third kappa shape index (κ3) is 4.94. The van der Waals surface area contributed by atoms with Crippen molar-refractivity contribution < 1.29 is 19.1 Å². The minimum absolute atomic E-state index is 0.00689. The molecule has 1 aliphatic heterocycles. The Bertz CT molecular complexity index is 738. The maximum atomic E-state index is 13.1. The molecule has 1 fully saturated rings. The van der Waals surface area contributed by atoms with E-state index in [0.29, 0.717) is 35.6 Å². The Morgan fingerprint density at radius 2 is 1.93 bits per heavy atom. The summed E-state index contributed by atoms with van der Waals surface area (Å²) < 4.78 is 5.30. The van der Waals surface area contributed by atoms with Gasteiger partial charge in [0, 0.05) is 24.8 Å². The Labute approximate surface area is 167 Å². The van der Waals surface area contributed by atoms with Crippen LogP contribution in [0.1, 0.15) is 79.1 Å². The van der Waals surface area contributed by atoms with E-state index in [1.54, 1.807) is 32.6 Å². The molecule has 2 atom stereocenters. The largest absolute Gasteiger partial charge is 0.459 e. The molecule has 156 valence electrons. The van der Waals surface area contributed by atoms with Crippen molar-refractivity contribution in [3.8, 4) is 0 Å². The van der Waals surface area contributed by atoms with Crippen LogP contribution in [0.5, 0.6) is 0 Å². The summed E-state index contributed by atoms with van der Waals surface area (Å²) in [6, 6.07) is 0.126. The van der Waals surface area contributed by atoms with Crippen molar-refractivity contribution in [1.82, 2.24) is 15.2 Å². The van der Waals surface area contributed by atoms with E-state index in [0.717, 1.165) is 19.3 Å². The van der Waals surface area contributed by atoms with Gasteiger partial charge in [-0.25, -0.2) is 4.79 Å². The van der Waals surface area contributed by atoms with Crippen molar-refractivity contribution in [3.63, 3.8) is 0 Å². The zero-order chi connectivity index (χ0) is 21.0. The first kappa shape index (κ1) is 22.0. The van der Waals surface area contributed by atoms with Gasteiger partial charge in [-0.05, 0) is 59.4 Å². The molecule has 2 amide bonds. The fraction of sp³-hybridized carbons (Fsp3) is 0.667. The lowest BCUT2D eigenvalue weighted by atomic mass is 9.96. The fourth-order valence-electron chi connectivity index (χ4n) is 3.54. The van der Waals surface area contributed by atoms with Gasteiger partial charge in [-0.15, -0.1) is 0 Å². The lowest BCUT2D eigenvalue weighted by Gasteiger charge is -2.32. The highest BCUT2D eigenvalue weighted by Gasteiger charge is 2.32. The number of carbonyl (C=O) groups excluding carboxylic acids is 3. The normalized spacial score (nSPS) is 18.1. The van der Waals surface area contributed by atoms with Gasteiger partial charge in [0.15, 0.2) is 0 Å². The molecule has 1 saturated heterocycles. The fourth-order valence-corrected chi connectivity index (χ4v) is 3.54. The molecule has 1 aromatic heterocycles. The van der Waals surface area contributed by atoms with E-state index in [1.807, 2.05) is 13.8 Å². The highest BCUT2D eigenvalue weighted by Crippen LogP contribution is 2.24. The Morgan fingerprint density at radius 1 is 1.25 bits per heavy atom. The first-order chi connectivity index (χ1) is 13.1. The maximum Gasteiger partial charge on any atom is 0.340 e. The van der Waals surface area contributed by atoms with Crippen molar-refractivity contribution in [3.05, 3.63) is 22.5 Å². The summed E-state index contributed by atoms with van der Waals surface area (Å²) in [4.78, 5) is 42.7. The number of nitrogens with one attached hydrogen (secondary N) is 2. The summed E-state index contributed by atoms with van der Waals surface area (Å²) in [5.74, 6) is -0.795. The Morgan fingerprint density at radius 3 is 2.54 bits per heavy atom. The quantitative estimate of drug-likeness (QED) is 0.730. The molecule has 0 aliphatic carbocycles. The van der Waals surface area contributed by atoms with Crippen molar-refractivity contribution in [2.45, 2.75) is 73.0 Å². The van der Waals surface area contributed by atoms with E-state index in [-0.39, 0.29) is 29.9 Å². The lowest BCUT2D eigenvalue weighted by Crippen LogP contribution is -2.47. The Kier molecular flexibility index (Phi) is 7.27. The molecule has 1 aliphatic rings. The Balaban J connectivity index is 2.15. The van der Waals surface area contributed by atoms with Crippen LogP contribution in [0.4, 0.5) is 0 Å². The van der Waals surface area contributed by atoms with Crippen LogP contribution in [0.3, 0.4) is 0 Å². The van der Waals surface area contributed by atoms with Gasteiger partial charge in [0.2, 0.25) is 5.91 Å². The van der Waals surface area contributed by atoms with Crippen LogP contribution in [0.25, 0.3) is 0 Å². The van der Waals surface area contributed by atoms with Gasteiger partial charge in [0.1, 0.15) is 5.69 Å². The van der Waals surface area contributed by atoms with Crippen molar-refractivity contribution in [1.29, 1.82) is 0 Å². The van der Waals surface area contributed by atoms with Crippen LogP contribution in [0.15, 0.2) is 0 Å². The number of hydrogen-bond acceptors (Lipinski definition) is 4. The van der Waals surface area contributed by atoms with Gasteiger partial charge >= 0.3 is 5.97 Å². The van der Waals surface area contributed by atoms with Crippen LogP contribution in [0.2, 0.25) is 0 Å². The molecular formula is C21H33N3O4. The van der Waals surface area contributed by atoms with Crippen LogP contribution >= 0.6 is 0 Å². The monoisotopic (exact) mass is 391 g/mol. The van der Waals surface area contributed by atoms with E-state index in [2.05, 4.69) is 10.3 Å². The van der Waals surface area contributed by atoms with Gasteiger partial charge in [-0.2, -0.15) is 0 Å². The number of aryl methyl sites for hydroxylation is 1. The molecule has 2 rings (SSSR count). The van der Waals surface area contributed by atoms with E-state index >= 15 is 0 Å². The lowest BCUT2D eigenvalue weighted by molar-refractivity contribution is -0.126. The summed E-state index contributed by atoms with van der Waals surface area (Å²) in [7, 11) is 0. The Hall–Kier alpha value is -2.31. The predicted molar refractivity (Wildman–Crippen MR) is 107 cm³/mol. The zero-order valence-electron chi connectivity index (χ0n) is 17.8. The molecule has 0 saturated carbocycles. The minimum atomic E-state index is -0.426. The number of H-pyrrole nitrogens is 1. The molecule has 0 unspecified atom stereocenters. The second-order valence-electron chi connectivity index (χ2n) is 7.99. The third-order valence-electron chi connectivity index (χ3n) is 5.28. The number of aromatic amines is 1. The molecule has 1 aromatic rings. The summed E-state index contributed by atoms with van der Waals surface area (Å²) in [6.07, 6.45) is 2.20. The number of piperidine rings is 1. The summed E-state index contributed by atoms with van der Waals surface area (Å²) in [5, 5.41) is 3.01. The van der Waals surface area contributed by atoms with Crippen molar-refractivity contribution >= 4 is 17.8 Å². The molecule has 0 aromatic carbocycles. The SMILES string of the molecule is CC[C@H](C)NC(=O)[C@H]1CCCN(C(=O)c2[nH]c(C)c(C(=O)OC(C)C)c2C)C1. The molecule has 2 N–H and O–H groups in total. The van der Waals surface area contributed by atoms with Crippen LogP contribution in [-0.4, -0.2) is 52.9 Å². The molecule has 0 spiro atoms. The van der Waals surface area contributed by atoms with Gasteiger partial charge in [0.05, 0.1) is 17.6 Å². The summed E-state index contributed by atoms with van der Waals surface area (Å²) >= 11 is 0. The van der Waals surface area contributed by atoms with E-state index in [4.69, 9.17) is 4.74 Å². The first-order valence-electron chi connectivity index (χ1n) is 10.1. The van der Waals surface area contributed by atoms with Crippen LogP contribution in [0, 0.1) is 19.8 Å². The summed E-state index contributed by atoms with van der Waals surface area (Å²) in [5.41, 5.74) is 2.03. The highest BCUT2D eigenvalue weighted by molar-refractivity contribution is 6.00. The molecule has 7 nitrogen and oxygen atoms in total. The standard InChI is InChI=1S/C21H33N3O4/c1-7-13(4)22-19(25)16-9-8-10-24(11-16)20(26)18-14(5)17(15(6)23-18)21(27)28-12(2)3/h12-13,16,23H,7-11H2,1-6H3,(H,22,25)/t13-,16-/m0/s1. The third-order valence-corrected chi connectivity index (χ3v) is 5.28. The van der Waals surface area contributed by atoms with Gasteiger partial charge in [-0.3, -0.25) is 9.59 Å². The smallest absolute Gasteiger partial charge is 0.340 e. The number of aromatic nitrogens is 1. The maximum absolute atomic E-state index is 13.1. The molecule has 0 bridgehead atoms. The van der Waals surface area contributed by atoms with Gasteiger partial charge in [-0.1, -0.05) is 6.92 Å². The van der Waals surface area contributed by atoms with Crippen LogP contribution in [-0.2, 0) is 9.53 Å². The topological polar surface area (TPSA) is 91.5 Å². The van der Waals surface area contributed by atoms with Crippen molar-refractivity contribution in [2.75, 3.05) is 13.1 Å². The second-order valence-corrected chi connectivity index (χ2v) is 7.99. The van der Waals surface area contributed by atoms with Crippen LogP contribution < -0.4 is 5.32 Å². The number of rotatable bonds is 6. The van der Waals surface area contributed by atoms with E-state index in [9.17, 15) is 14.4 Å². The average Bonchev–Trinajstić information content (AvgIpc) is 2.94. The number of hydrogen-bond donors (Lipinski definition) is 2. The molecule has 28 heavy (non-hydrogen) atoms. The molecule has 7 heteroatoms. The average molecular weight is 392 g/mol. The van der Waals surface area contributed by atoms with E-state index in [1.165, 1.54) is 0 Å². The molecule has 0 radical (unpaired) electrons. The molecular weight excluding hydrogens is 358 g/mol. The van der Waals surface area contributed by atoms with Gasteiger partial charge < -0.3 is 19.9 Å². The minimum Gasteiger partial charge on any atom is -0.459 e. The number of ether oxygens (including phenoxy) is 1. The first-order valence-corrected chi connectivity index (χ1v) is 10.1. The number of carbonyl (C=O) groups is 3. The zero-order valence-corrected chi connectivity index (χ0v) is 17.8. The molecule has 2 heterocycles. The second kappa shape index (κ2) is 9.26. The number of esters is 1. The van der Waals surface area contributed by atoms with E-state index < -0.39 is 5.97 Å². The number of amides is 2. The predicted octanol–water partition coefficient (Wildman–Crippen LogP) is 2.96. The number of likely N-dealkylation sites (tertiary alicyclic amines) is 1. The number of nitrogens with zero attached hydrogens (tertiary/aromatic N) is 1. The van der Waals surface area contributed by atoms with Gasteiger partial charge in [0.25, 0.3) is 5.91 Å². The highest BCUT2D eigenvalue weighted by atomic mass is 16.5.